The van der Waals surface area contributed by atoms with Gasteiger partial charge in [-0.15, -0.1) is 0 Å². The summed E-state index contributed by atoms with van der Waals surface area (Å²) in [5.74, 6) is -0.429. The Morgan fingerprint density at radius 2 is 1.88 bits per heavy atom. The van der Waals surface area contributed by atoms with Gasteiger partial charge in [0.05, 0.1) is 7.11 Å². The summed E-state index contributed by atoms with van der Waals surface area (Å²) in [6.45, 7) is 0. The molecule has 4 nitrogen and oxygen atoms in total. The lowest BCUT2D eigenvalue weighted by Crippen LogP contribution is -2.03. The monoisotopic (exact) mass is 214 g/mol. The number of rotatable bonds is 2. The van der Waals surface area contributed by atoms with Gasteiger partial charge in [0.15, 0.2) is 0 Å². The molecule has 4 heteroatoms. The number of hydrogen-bond acceptors (Lipinski definition) is 4. The van der Waals surface area contributed by atoms with Gasteiger partial charge in [-0.3, -0.25) is 4.98 Å². The van der Waals surface area contributed by atoms with E-state index in [-0.39, 0.29) is 0 Å². The topological polar surface area (TPSA) is 52.1 Å². The molecule has 0 unspecified atom stereocenters. The van der Waals surface area contributed by atoms with Crippen LogP contribution in [0.25, 0.3) is 11.1 Å². The fourth-order valence-electron chi connectivity index (χ4n) is 1.33. The van der Waals surface area contributed by atoms with Gasteiger partial charge in [-0.05, 0) is 23.8 Å². The van der Waals surface area contributed by atoms with E-state index in [4.69, 9.17) is 0 Å². The van der Waals surface area contributed by atoms with Gasteiger partial charge >= 0.3 is 5.97 Å². The molecule has 0 saturated carbocycles. The lowest BCUT2D eigenvalue weighted by Gasteiger charge is -2.01. The molecule has 0 aromatic carbocycles. The molecular weight excluding hydrogens is 204 g/mol. The van der Waals surface area contributed by atoms with Gasteiger partial charge in [0.25, 0.3) is 0 Å². The Morgan fingerprint density at radius 1 is 1.12 bits per heavy atom. The van der Waals surface area contributed by atoms with Crippen molar-refractivity contribution in [1.29, 1.82) is 0 Å². The summed E-state index contributed by atoms with van der Waals surface area (Å²) in [5, 5.41) is 0. The summed E-state index contributed by atoms with van der Waals surface area (Å²) in [6, 6.07) is 7.24. The standard InChI is InChI=1S/C12H10N2O2/c1-16-12(15)11-3-2-10(8-14-11)9-4-6-13-7-5-9/h2-8H,1H3. The molecule has 80 valence electrons. The predicted octanol–water partition coefficient (Wildman–Crippen LogP) is 1.93. The molecule has 0 aliphatic heterocycles. The average molecular weight is 214 g/mol. The molecule has 2 heterocycles. The van der Waals surface area contributed by atoms with Crippen molar-refractivity contribution in [3.63, 3.8) is 0 Å². The van der Waals surface area contributed by atoms with Gasteiger partial charge in [-0.2, -0.15) is 0 Å². The first kappa shape index (κ1) is 10.3. The Labute approximate surface area is 92.9 Å². The molecule has 2 rings (SSSR count). The number of nitrogens with zero attached hydrogens (tertiary/aromatic N) is 2. The Balaban J connectivity index is 2.30. The molecule has 0 bridgehead atoms. The molecule has 16 heavy (non-hydrogen) atoms. The molecule has 0 fully saturated rings. The fraction of sp³-hybridized carbons (Fsp3) is 0.0833. The van der Waals surface area contributed by atoms with Gasteiger partial charge in [0, 0.05) is 24.2 Å². The van der Waals surface area contributed by atoms with Crippen LogP contribution in [0, 0.1) is 0 Å². The Morgan fingerprint density at radius 3 is 2.44 bits per heavy atom. The first-order valence-corrected chi connectivity index (χ1v) is 4.76. The zero-order valence-electron chi connectivity index (χ0n) is 8.75. The van der Waals surface area contributed by atoms with Crippen molar-refractivity contribution in [2.75, 3.05) is 7.11 Å². The van der Waals surface area contributed by atoms with Crippen molar-refractivity contribution in [3.8, 4) is 11.1 Å². The Kier molecular flexibility index (Phi) is 2.91. The third-order valence-electron chi connectivity index (χ3n) is 2.17. The summed E-state index contributed by atoms with van der Waals surface area (Å²) < 4.78 is 4.57. The van der Waals surface area contributed by atoms with Crippen LogP contribution in [0.1, 0.15) is 10.5 Å². The van der Waals surface area contributed by atoms with E-state index in [1.807, 2.05) is 18.2 Å². The largest absolute Gasteiger partial charge is 0.464 e. The van der Waals surface area contributed by atoms with Gasteiger partial charge < -0.3 is 4.74 Å². The number of methoxy groups -OCH3 is 1. The zero-order chi connectivity index (χ0) is 11.4. The second-order valence-corrected chi connectivity index (χ2v) is 3.16. The third kappa shape index (κ3) is 2.06. The van der Waals surface area contributed by atoms with Crippen molar-refractivity contribution in [2.45, 2.75) is 0 Å². The van der Waals surface area contributed by atoms with Gasteiger partial charge in [0.1, 0.15) is 5.69 Å². The minimum atomic E-state index is -0.429. The van der Waals surface area contributed by atoms with Gasteiger partial charge in [-0.25, -0.2) is 9.78 Å². The van der Waals surface area contributed by atoms with Crippen molar-refractivity contribution >= 4 is 5.97 Å². The molecule has 2 aromatic rings. The number of hydrogen-bond donors (Lipinski definition) is 0. The number of esters is 1. The maximum Gasteiger partial charge on any atom is 0.356 e. The highest BCUT2D eigenvalue weighted by molar-refractivity contribution is 5.87. The highest BCUT2D eigenvalue weighted by Crippen LogP contribution is 2.16. The van der Waals surface area contributed by atoms with Crippen LogP contribution in [-0.2, 0) is 4.74 Å². The van der Waals surface area contributed by atoms with Crippen LogP contribution in [0.3, 0.4) is 0 Å². The van der Waals surface area contributed by atoms with Crippen LogP contribution >= 0.6 is 0 Å². The maximum absolute atomic E-state index is 11.2. The molecule has 0 atom stereocenters. The number of ether oxygens (including phenoxy) is 1. The molecule has 0 spiro atoms. The maximum atomic E-state index is 11.2. The van der Waals surface area contributed by atoms with Crippen molar-refractivity contribution in [1.82, 2.24) is 9.97 Å². The van der Waals surface area contributed by atoms with E-state index in [0.29, 0.717) is 5.69 Å². The lowest BCUT2D eigenvalue weighted by atomic mass is 10.1. The number of pyridine rings is 2. The molecular formula is C12H10N2O2. The highest BCUT2D eigenvalue weighted by atomic mass is 16.5. The average Bonchev–Trinajstić information content (AvgIpc) is 2.39. The predicted molar refractivity (Wildman–Crippen MR) is 58.8 cm³/mol. The van der Waals surface area contributed by atoms with E-state index in [0.717, 1.165) is 11.1 Å². The normalized spacial score (nSPS) is 9.81. The van der Waals surface area contributed by atoms with Crippen LogP contribution < -0.4 is 0 Å². The number of aromatic nitrogens is 2. The summed E-state index contributed by atoms with van der Waals surface area (Å²) in [4.78, 5) is 19.1. The van der Waals surface area contributed by atoms with Crippen LogP contribution in [0.4, 0.5) is 0 Å². The first-order valence-electron chi connectivity index (χ1n) is 4.76. The minimum Gasteiger partial charge on any atom is -0.464 e. The molecule has 2 aromatic heterocycles. The summed E-state index contributed by atoms with van der Waals surface area (Å²) in [6.07, 6.45) is 5.06. The Bertz CT molecular complexity index is 480. The zero-order valence-corrected chi connectivity index (χ0v) is 8.75. The van der Waals surface area contributed by atoms with Gasteiger partial charge in [-0.1, -0.05) is 6.07 Å². The summed E-state index contributed by atoms with van der Waals surface area (Å²) in [5.41, 5.74) is 2.26. The van der Waals surface area contributed by atoms with Gasteiger partial charge in [0.2, 0.25) is 0 Å². The van der Waals surface area contributed by atoms with Crippen LogP contribution in [-0.4, -0.2) is 23.0 Å². The molecule has 0 N–H and O–H groups in total. The van der Waals surface area contributed by atoms with E-state index < -0.39 is 5.97 Å². The second-order valence-electron chi connectivity index (χ2n) is 3.16. The molecule has 0 aliphatic carbocycles. The molecule has 0 aliphatic rings. The van der Waals surface area contributed by atoms with E-state index in [9.17, 15) is 4.79 Å². The Hall–Kier alpha value is -2.23. The van der Waals surface area contributed by atoms with E-state index in [2.05, 4.69) is 14.7 Å². The third-order valence-corrected chi connectivity index (χ3v) is 2.17. The molecule has 0 amide bonds. The lowest BCUT2D eigenvalue weighted by molar-refractivity contribution is 0.0594. The van der Waals surface area contributed by atoms with E-state index >= 15 is 0 Å². The fourth-order valence-corrected chi connectivity index (χ4v) is 1.33. The van der Waals surface area contributed by atoms with Crippen LogP contribution in [0.5, 0.6) is 0 Å². The molecule has 0 saturated heterocycles. The van der Waals surface area contributed by atoms with Crippen molar-refractivity contribution in [3.05, 3.63) is 48.5 Å². The molecule has 0 radical (unpaired) electrons. The van der Waals surface area contributed by atoms with E-state index in [1.54, 1.807) is 24.7 Å². The van der Waals surface area contributed by atoms with Crippen LogP contribution in [0.15, 0.2) is 42.9 Å². The minimum absolute atomic E-state index is 0.306. The summed E-state index contributed by atoms with van der Waals surface area (Å²) in [7, 11) is 1.33. The van der Waals surface area contributed by atoms with E-state index in [1.165, 1.54) is 7.11 Å². The first-order chi connectivity index (χ1) is 7.81. The summed E-state index contributed by atoms with van der Waals surface area (Å²) >= 11 is 0. The number of carbonyl (C=O) groups is 1. The smallest absolute Gasteiger partial charge is 0.356 e. The SMILES string of the molecule is COC(=O)c1ccc(-c2ccncc2)cn1. The highest BCUT2D eigenvalue weighted by Gasteiger charge is 2.06. The van der Waals surface area contributed by atoms with Crippen molar-refractivity contribution < 1.29 is 9.53 Å². The van der Waals surface area contributed by atoms with Crippen LogP contribution in [0.2, 0.25) is 0 Å². The number of carbonyl (C=O) groups excluding carboxylic acids is 1. The second kappa shape index (κ2) is 4.53. The quantitative estimate of drug-likeness (QED) is 0.717. The van der Waals surface area contributed by atoms with Crippen molar-refractivity contribution in [2.24, 2.45) is 0 Å².